The Bertz CT molecular complexity index is 1210. The van der Waals surface area contributed by atoms with Gasteiger partial charge in [-0.05, 0) is 22.6 Å². The number of carbonyl (C=O) groups is 2. The molecule has 144 valence electrons. The molecule has 2 nitrogen and oxygen atoms in total. The van der Waals surface area contributed by atoms with E-state index in [0.717, 1.165) is 33.4 Å². The second-order valence-electron chi connectivity index (χ2n) is 8.33. The normalized spacial score (nSPS) is 24.1. The van der Waals surface area contributed by atoms with Crippen molar-refractivity contribution in [3.8, 4) is 0 Å². The number of allylic oxidation sites excluding steroid dienone is 4. The topological polar surface area (TPSA) is 34.1 Å². The lowest BCUT2D eigenvalue weighted by atomic mass is 9.58. The van der Waals surface area contributed by atoms with Crippen molar-refractivity contribution in [1.82, 2.24) is 0 Å². The zero-order chi connectivity index (χ0) is 20.2. The summed E-state index contributed by atoms with van der Waals surface area (Å²) in [5.41, 5.74) is 5.60. The molecule has 0 fully saturated rings. The molecule has 30 heavy (non-hydrogen) atoms. The number of rotatable bonds is 1. The molecule has 3 aromatic carbocycles. The van der Waals surface area contributed by atoms with Crippen LogP contribution in [0, 0.1) is 11.8 Å². The van der Waals surface area contributed by atoms with E-state index in [1.54, 1.807) is 0 Å². The van der Waals surface area contributed by atoms with Crippen LogP contribution in [0.5, 0.6) is 0 Å². The van der Waals surface area contributed by atoms with Crippen molar-refractivity contribution in [3.05, 3.63) is 130 Å². The molecule has 0 amide bonds. The highest BCUT2D eigenvalue weighted by Gasteiger charge is 2.46. The van der Waals surface area contributed by atoms with Gasteiger partial charge in [0.05, 0.1) is 0 Å². The highest BCUT2D eigenvalue weighted by atomic mass is 16.1. The van der Waals surface area contributed by atoms with Crippen molar-refractivity contribution in [2.24, 2.45) is 11.8 Å². The fourth-order valence-corrected chi connectivity index (χ4v) is 5.68. The zero-order valence-corrected chi connectivity index (χ0v) is 16.4. The fourth-order valence-electron chi connectivity index (χ4n) is 5.68. The van der Waals surface area contributed by atoms with Crippen LogP contribution >= 0.6 is 0 Å². The van der Waals surface area contributed by atoms with Crippen LogP contribution in [-0.2, 0) is 0 Å². The molecular formula is C28H20O2. The van der Waals surface area contributed by atoms with Gasteiger partial charge in [0.25, 0.3) is 0 Å². The first-order valence-electron chi connectivity index (χ1n) is 10.5. The van der Waals surface area contributed by atoms with Gasteiger partial charge in [0.15, 0.2) is 11.6 Å². The highest BCUT2D eigenvalue weighted by molar-refractivity contribution is 6.13. The number of fused-ring (bicyclic) bond motifs is 4. The van der Waals surface area contributed by atoms with Gasteiger partial charge in [0.1, 0.15) is 0 Å². The number of Topliss-reactive ketones (excluding diaryl/α,β-unsaturated/α-hetero) is 1. The fraction of sp³-hybridized carbons (Fsp3) is 0.143. The predicted molar refractivity (Wildman–Crippen MR) is 117 cm³/mol. The van der Waals surface area contributed by atoms with Gasteiger partial charge in [0.2, 0.25) is 0 Å². The van der Waals surface area contributed by atoms with Crippen molar-refractivity contribution in [1.29, 1.82) is 0 Å². The molecule has 0 aromatic heterocycles. The third kappa shape index (κ3) is 2.31. The van der Waals surface area contributed by atoms with E-state index in [2.05, 4.69) is 30.4 Å². The quantitative estimate of drug-likeness (QED) is 0.536. The second kappa shape index (κ2) is 6.50. The largest absolute Gasteiger partial charge is 0.293 e. The van der Waals surface area contributed by atoms with Crippen molar-refractivity contribution in [2.45, 2.75) is 11.8 Å². The second-order valence-corrected chi connectivity index (χ2v) is 8.33. The van der Waals surface area contributed by atoms with Gasteiger partial charge in [-0.25, -0.2) is 0 Å². The molecule has 0 aliphatic heterocycles. The summed E-state index contributed by atoms with van der Waals surface area (Å²) in [7, 11) is 0. The van der Waals surface area contributed by atoms with Gasteiger partial charge in [0, 0.05) is 34.4 Å². The third-order valence-electron chi connectivity index (χ3n) is 6.92. The summed E-state index contributed by atoms with van der Waals surface area (Å²) < 4.78 is 0. The number of carbonyl (C=O) groups excluding carboxylic acids is 2. The standard InChI is InChI=1S/C28H20O2/c29-27-21-13-5-1-9-17(21)25(18-10-2-6-14-22(18)27)26-19-11-3-7-15-23(19)28(30)24-16-8-4-12-20(24)26/h1-17,21,25-26H. The van der Waals surface area contributed by atoms with Crippen LogP contribution in [0.3, 0.4) is 0 Å². The molecule has 0 bridgehead atoms. The molecule has 0 N–H and O–H groups in total. The van der Waals surface area contributed by atoms with Gasteiger partial charge in [-0.15, -0.1) is 0 Å². The molecular weight excluding hydrogens is 368 g/mol. The van der Waals surface area contributed by atoms with E-state index >= 15 is 0 Å². The van der Waals surface area contributed by atoms with Crippen molar-refractivity contribution in [2.75, 3.05) is 0 Å². The first-order chi connectivity index (χ1) is 14.8. The Balaban J connectivity index is 1.66. The maximum absolute atomic E-state index is 13.3. The van der Waals surface area contributed by atoms with E-state index in [-0.39, 0.29) is 35.2 Å². The molecule has 3 aromatic rings. The minimum atomic E-state index is -0.160. The number of hydrogen-bond acceptors (Lipinski definition) is 2. The van der Waals surface area contributed by atoms with Gasteiger partial charge in [-0.1, -0.05) is 97.1 Å². The van der Waals surface area contributed by atoms with E-state index in [0.29, 0.717) is 0 Å². The van der Waals surface area contributed by atoms with Crippen LogP contribution in [0.4, 0.5) is 0 Å². The third-order valence-corrected chi connectivity index (χ3v) is 6.92. The Morgan fingerprint density at radius 2 is 1.10 bits per heavy atom. The molecule has 3 aliphatic carbocycles. The Labute approximate surface area is 175 Å². The molecule has 2 heteroatoms. The van der Waals surface area contributed by atoms with Crippen molar-refractivity contribution in [3.63, 3.8) is 0 Å². The first kappa shape index (κ1) is 17.3. The average molecular weight is 388 g/mol. The molecule has 0 saturated carbocycles. The molecule has 0 spiro atoms. The Hall–Kier alpha value is -3.52. The van der Waals surface area contributed by atoms with Crippen molar-refractivity contribution < 1.29 is 9.59 Å². The minimum absolute atomic E-state index is 0.0213. The maximum atomic E-state index is 13.3. The summed E-state index contributed by atoms with van der Waals surface area (Å²) in [5, 5.41) is 0. The molecule has 0 radical (unpaired) electrons. The van der Waals surface area contributed by atoms with Crippen molar-refractivity contribution >= 4 is 11.6 Å². The molecule has 3 unspecified atom stereocenters. The van der Waals surface area contributed by atoms with E-state index in [1.807, 2.05) is 66.7 Å². The van der Waals surface area contributed by atoms with Crippen LogP contribution in [0.25, 0.3) is 0 Å². The van der Waals surface area contributed by atoms with Gasteiger partial charge >= 0.3 is 0 Å². The van der Waals surface area contributed by atoms with Crippen LogP contribution in [0.15, 0.2) is 97.1 Å². The van der Waals surface area contributed by atoms with E-state index in [1.165, 1.54) is 0 Å². The Morgan fingerprint density at radius 3 is 1.77 bits per heavy atom. The van der Waals surface area contributed by atoms with Crippen LogP contribution in [0.2, 0.25) is 0 Å². The van der Waals surface area contributed by atoms with Gasteiger partial charge < -0.3 is 0 Å². The monoisotopic (exact) mass is 388 g/mol. The van der Waals surface area contributed by atoms with Gasteiger partial charge in [-0.2, -0.15) is 0 Å². The number of hydrogen-bond donors (Lipinski definition) is 0. The highest BCUT2D eigenvalue weighted by Crippen LogP contribution is 2.54. The molecule has 3 atom stereocenters. The summed E-state index contributed by atoms with van der Waals surface area (Å²) in [6.07, 6.45) is 8.27. The SMILES string of the molecule is O=C1c2ccccc2C(C2c3ccccc3C(=O)C3C=CC=CC32)c2ccccc21. The lowest BCUT2D eigenvalue weighted by Crippen LogP contribution is -2.38. The lowest BCUT2D eigenvalue weighted by molar-refractivity contribution is 0.0887. The van der Waals surface area contributed by atoms with E-state index in [9.17, 15) is 9.59 Å². The smallest absolute Gasteiger partial charge is 0.193 e. The number of ketones is 2. The Kier molecular flexibility index (Phi) is 3.76. The van der Waals surface area contributed by atoms with E-state index in [4.69, 9.17) is 0 Å². The van der Waals surface area contributed by atoms with E-state index < -0.39 is 0 Å². The molecule has 0 saturated heterocycles. The molecule has 0 heterocycles. The van der Waals surface area contributed by atoms with Crippen LogP contribution < -0.4 is 0 Å². The van der Waals surface area contributed by atoms with Gasteiger partial charge in [-0.3, -0.25) is 9.59 Å². The summed E-state index contributed by atoms with van der Waals surface area (Å²) in [5.74, 6) is 0.297. The summed E-state index contributed by atoms with van der Waals surface area (Å²) in [6.45, 7) is 0. The summed E-state index contributed by atoms with van der Waals surface area (Å²) in [6, 6.07) is 24.0. The summed E-state index contributed by atoms with van der Waals surface area (Å²) >= 11 is 0. The summed E-state index contributed by atoms with van der Waals surface area (Å²) in [4.78, 5) is 26.5. The van der Waals surface area contributed by atoms with Crippen LogP contribution in [-0.4, -0.2) is 11.6 Å². The van der Waals surface area contributed by atoms with Crippen LogP contribution in [0.1, 0.15) is 54.8 Å². The maximum Gasteiger partial charge on any atom is 0.193 e. The molecule has 3 aliphatic rings. The predicted octanol–water partition coefficient (Wildman–Crippen LogP) is 5.70. The Morgan fingerprint density at radius 1 is 0.567 bits per heavy atom. The average Bonchev–Trinajstić information content (AvgIpc) is 2.81. The molecule has 6 rings (SSSR count). The lowest BCUT2D eigenvalue weighted by Gasteiger charge is -2.43. The first-order valence-corrected chi connectivity index (χ1v) is 10.5. The zero-order valence-electron chi connectivity index (χ0n) is 16.4. The minimum Gasteiger partial charge on any atom is -0.293 e. The number of benzene rings is 3.